The smallest absolute Gasteiger partial charge is 0.190 e. The molecule has 2 aromatic heterocycles. The van der Waals surface area contributed by atoms with Crippen molar-refractivity contribution >= 4 is 59.1 Å². The van der Waals surface area contributed by atoms with E-state index in [0.717, 1.165) is 30.7 Å². The number of ether oxygens (including phenoxy) is 1. The highest BCUT2D eigenvalue weighted by atomic mass is 32.1. The molecule has 4 rings (SSSR count). The van der Waals surface area contributed by atoms with Crippen LogP contribution in [0.2, 0.25) is 0 Å². The number of hydrogen-bond donors (Lipinski definition) is 2. The minimum absolute atomic E-state index is 0.666. The number of rotatable bonds is 3. The highest BCUT2D eigenvalue weighted by molar-refractivity contribution is 7.24. The van der Waals surface area contributed by atoms with Gasteiger partial charge >= 0.3 is 0 Å². The van der Waals surface area contributed by atoms with Gasteiger partial charge in [0.05, 0.1) is 22.0 Å². The van der Waals surface area contributed by atoms with E-state index in [2.05, 4.69) is 21.4 Å². The number of nitrogen functional groups attached to an aromatic ring is 1. The monoisotopic (exact) mass is 328 g/mol. The van der Waals surface area contributed by atoms with E-state index in [0.29, 0.717) is 11.4 Å². The van der Waals surface area contributed by atoms with Crippen molar-refractivity contribution in [2.24, 2.45) is 0 Å². The van der Waals surface area contributed by atoms with Gasteiger partial charge in [-0.15, -0.1) is 0 Å². The number of methoxy groups -OCH3 is 1. The van der Waals surface area contributed by atoms with E-state index in [1.165, 1.54) is 11.3 Å². The lowest BCUT2D eigenvalue weighted by molar-refractivity contribution is 0.419. The molecular formula is C15H12N4OS2. The van der Waals surface area contributed by atoms with Crippen molar-refractivity contribution in [2.75, 3.05) is 18.2 Å². The average molecular weight is 328 g/mol. The first kappa shape index (κ1) is 13.3. The molecule has 2 aromatic carbocycles. The maximum atomic E-state index is 5.88. The lowest BCUT2D eigenvalue weighted by Crippen LogP contribution is -1.90. The molecule has 0 amide bonds. The summed E-state index contributed by atoms with van der Waals surface area (Å²) in [6.07, 6.45) is 0. The normalized spacial score (nSPS) is 11.1. The summed E-state index contributed by atoms with van der Waals surface area (Å²) in [6, 6.07) is 11.7. The van der Waals surface area contributed by atoms with E-state index < -0.39 is 0 Å². The predicted octanol–water partition coefficient (Wildman–Crippen LogP) is 4.24. The third-order valence-corrected chi connectivity index (χ3v) is 5.08. The van der Waals surface area contributed by atoms with Gasteiger partial charge in [0.1, 0.15) is 11.3 Å². The number of hydrogen-bond acceptors (Lipinski definition) is 7. The zero-order valence-corrected chi connectivity index (χ0v) is 13.3. The fourth-order valence-corrected chi connectivity index (χ4v) is 4.11. The van der Waals surface area contributed by atoms with Crippen LogP contribution in [0.5, 0.6) is 5.75 Å². The Kier molecular flexibility index (Phi) is 3.09. The summed E-state index contributed by atoms with van der Waals surface area (Å²) >= 11 is 3.13. The number of thiazole rings is 2. The Balaban J connectivity index is 1.74. The second-order valence-corrected chi connectivity index (χ2v) is 6.76. The summed E-state index contributed by atoms with van der Waals surface area (Å²) in [4.78, 5) is 9.14. The fraction of sp³-hybridized carbons (Fsp3) is 0.0667. The minimum Gasteiger partial charge on any atom is -0.494 e. The molecule has 0 aliphatic heterocycles. The molecule has 22 heavy (non-hydrogen) atoms. The summed E-state index contributed by atoms with van der Waals surface area (Å²) in [6.45, 7) is 0. The molecule has 0 saturated heterocycles. The van der Waals surface area contributed by atoms with Crippen LogP contribution in [-0.4, -0.2) is 17.1 Å². The zero-order valence-electron chi connectivity index (χ0n) is 11.7. The molecule has 0 radical (unpaired) electrons. The molecule has 0 unspecified atom stereocenters. The van der Waals surface area contributed by atoms with Crippen molar-refractivity contribution in [1.82, 2.24) is 9.97 Å². The maximum absolute atomic E-state index is 5.88. The van der Waals surface area contributed by atoms with Gasteiger partial charge in [-0.2, -0.15) is 0 Å². The quantitative estimate of drug-likeness (QED) is 0.550. The van der Waals surface area contributed by atoms with Gasteiger partial charge in [-0.3, -0.25) is 0 Å². The van der Waals surface area contributed by atoms with Crippen molar-refractivity contribution in [2.45, 2.75) is 0 Å². The van der Waals surface area contributed by atoms with Crippen LogP contribution in [-0.2, 0) is 0 Å². The minimum atomic E-state index is 0.666. The van der Waals surface area contributed by atoms with Gasteiger partial charge < -0.3 is 15.8 Å². The predicted molar refractivity (Wildman–Crippen MR) is 93.5 cm³/mol. The first-order valence-corrected chi connectivity index (χ1v) is 8.23. The summed E-state index contributed by atoms with van der Waals surface area (Å²) in [5, 5.41) is 4.87. The highest BCUT2D eigenvalue weighted by Crippen LogP contribution is 2.36. The van der Waals surface area contributed by atoms with Gasteiger partial charge in [0, 0.05) is 11.8 Å². The van der Waals surface area contributed by atoms with Crippen LogP contribution < -0.4 is 15.8 Å². The second kappa shape index (κ2) is 5.11. The largest absolute Gasteiger partial charge is 0.494 e. The van der Waals surface area contributed by atoms with E-state index in [4.69, 9.17) is 10.5 Å². The van der Waals surface area contributed by atoms with Crippen molar-refractivity contribution in [1.29, 1.82) is 0 Å². The number of nitrogens with two attached hydrogens (primary N) is 1. The third-order valence-electron chi connectivity index (χ3n) is 3.21. The van der Waals surface area contributed by atoms with Gasteiger partial charge in [0.2, 0.25) is 0 Å². The van der Waals surface area contributed by atoms with E-state index in [1.54, 1.807) is 24.5 Å². The Morgan fingerprint density at radius 3 is 2.64 bits per heavy atom. The van der Waals surface area contributed by atoms with Gasteiger partial charge in [0.25, 0.3) is 0 Å². The molecule has 2 heterocycles. The van der Waals surface area contributed by atoms with Crippen molar-refractivity contribution in [3.63, 3.8) is 0 Å². The number of nitrogens with zero attached hydrogens (tertiary/aromatic N) is 2. The highest BCUT2D eigenvalue weighted by Gasteiger charge is 2.12. The van der Waals surface area contributed by atoms with Crippen molar-refractivity contribution in [3.05, 3.63) is 36.4 Å². The first-order chi connectivity index (χ1) is 10.7. The molecule has 0 atom stereocenters. The molecule has 0 aliphatic rings. The zero-order chi connectivity index (χ0) is 15.1. The Hall–Kier alpha value is -2.38. The van der Waals surface area contributed by atoms with Crippen LogP contribution in [0.4, 0.5) is 16.0 Å². The lowest BCUT2D eigenvalue weighted by Gasteiger charge is -2.01. The van der Waals surface area contributed by atoms with E-state index in [1.807, 2.05) is 24.3 Å². The Labute approximate surface area is 134 Å². The molecule has 0 bridgehead atoms. The number of nitrogens with one attached hydrogen (secondary N) is 1. The Morgan fingerprint density at radius 2 is 1.82 bits per heavy atom. The van der Waals surface area contributed by atoms with Crippen LogP contribution in [0.1, 0.15) is 0 Å². The third kappa shape index (κ3) is 2.24. The molecule has 0 fully saturated rings. The van der Waals surface area contributed by atoms with Crippen LogP contribution in [0.15, 0.2) is 36.4 Å². The molecule has 110 valence electrons. The summed E-state index contributed by atoms with van der Waals surface area (Å²) < 4.78 is 7.48. The molecule has 0 spiro atoms. The first-order valence-electron chi connectivity index (χ1n) is 6.59. The van der Waals surface area contributed by atoms with E-state index >= 15 is 0 Å². The molecule has 7 heteroatoms. The average Bonchev–Trinajstić information content (AvgIpc) is 3.08. The van der Waals surface area contributed by atoms with Gasteiger partial charge in [-0.25, -0.2) is 9.97 Å². The Bertz CT molecular complexity index is 943. The topological polar surface area (TPSA) is 73.1 Å². The standard InChI is InChI=1S/C15H12N4OS2/c1-20-10-6-8(16)7-12-13(10)18-15(22-12)19-14-17-9-4-2-3-5-11(9)21-14/h2-7H,16H2,1H3,(H,17,18,19). The van der Waals surface area contributed by atoms with Crippen LogP contribution in [0, 0.1) is 0 Å². The van der Waals surface area contributed by atoms with Crippen molar-refractivity contribution < 1.29 is 4.74 Å². The molecule has 5 nitrogen and oxygen atoms in total. The number of fused-ring (bicyclic) bond motifs is 2. The molecule has 0 aliphatic carbocycles. The van der Waals surface area contributed by atoms with Gasteiger partial charge in [-0.05, 0) is 18.2 Å². The van der Waals surface area contributed by atoms with E-state index in [-0.39, 0.29) is 0 Å². The Morgan fingerprint density at radius 1 is 1.05 bits per heavy atom. The van der Waals surface area contributed by atoms with Crippen molar-refractivity contribution in [3.8, 4) is 5.75 Å². The molecule has 3 N–H and O–H groups in total. The van der Waals surface area contributed by atoms with Crippen LogP contribution >= 0.6 is 22.7 Å². The number of aromatic nitrogens is 2. The fourth-order valence-electron chi connectivity index (χ4n) is 2.25. The number of anilines is 3. The molecule has 0 saturated carbocycles. The lowest BCUT2D eigenvalue weighted by atomic mass is 10.3. The van der Waals surface area contributed by atoms with E-state index in [9.17, 15) is 0 Å². The van der Waals surface area contributed by atoms with Gasteiger partial charge in [-0.1, -0.05) is 34.8 Å². The van der Waals surface area contributed by atoms with Crippen LogP contribution in [0.25, 0.3) is 20.4 Å². The number of para-hydroxylation sites is 1. The summed E-state index contributed by atoms with van der Waals surface area (Å²) in [5.41, 5.74) is 8.34. The van der Waals surface area contributed by atoms with Crippen LogP contribution in [0.3, 0.4) is 0 Å². The second-order valence-electron chi connectivity index (χ2n) is 4.70. The van der Waals surface area contributed by atoms with Gasteiger partial charge in [0.15, 0.2) is 10.3 Å². The maximum Gasteiger partial charge on any atom is 0.190 e. The SMILES string of the molecule is COc1cc(N)cc2sc(Nc3nc4ccccc4s3)nc12. The molecule has 4 aromatic rings. The summed E-state index contributed by atoms with van der Waals surface area (Å²) in [7, 11) is 1.62. The summed E-state index contributed by atoms with van der Waals surface area (Å²) in [5.74, 6) is 0.684. The number of benzene rings is 2. The molecular weight excluding hydrogens is 316 g/mol.